The quantitative estimate of drug-likeness (QED) is 0.470. The van der Waals surface area contributed by atoms with Crippen molar-refractivity contribution in [2.24, 2.45) is 0 Å². The van der Waals surface area contributed by atoms with Crippen molar-refractivity contribution in [3.8, 4) is 0 Å². The van der Waals surface area contributed by atoms with E-state index in [-0.39, 0.29) is 0 Å². The molecule has 0 aliphatic heterocycles. The zero-order chi connectivity index (χ0) is 10.3. The predicted octanol–water partition coefficient (Wildman–Crippen LogP) is 0.472. The highest BCUT2D eigenvalue weighted by atomic mass is 32.1. The van der Waals surface area contributed by atoms with E-state index in [4.69, 9.17) is 5.73 Å². The average molecular weight is 207 g/mol. The Morgan fingerprint density at radius 1 is 1.36 bits per heavy atom. The number of fused-ring (bicyclic) bond motifs is 1. The van der Waals surface area contributed by atoms with Crippen LogP contribution < -0.4 is 11.2 Å². The van der Waals surface area contributed by atoms with Crippen molar-refractivity contribution in [2.45, 2.75) is 6.92 Å². The highest BCUT2D eigenvalue weighted by Gasteiger charge is 2.17. The molecule has 14 heavy (non-hydrogen) atoms. The molecule has 0 spiro atoms. The summed E-state index contributed by atoms with van der Waals surface area (Å²) in [6.45, 7) is 1.93. The fourth-order valence-corrected chi connectivity index (χ4v) is 2.58. The molecule has 0 radical (unpaired) electrons. The maximum Gasteiger partial charge on any atom is 0.489 e. The Kier molecular flexibility index (Phi) is 2.22. The summed E-state index contributed by atoms with van der Waals surface area (Å²) < 4.78 is 0.924. The summed E-state index contributed by atoms with van der Waals surface area (Å²) in [6.07, 6.45) is 0. The third-order valence-electron chi connectivity index (χ3n) is 2.25. The van der Waals surface area contributed by atoms with Gasteiger partial charge in [-0.2, -0.15) is 0 Å². The molecule has 0 saturated carbocycles. The molecule has 1 aromatic carbocycles. The number of thiophene rings is 1. The Labute approximate surface area is 85.9 Å². The van der Waals surface area contributed by atoms with Crippen LogP contribution in [0.2, 0.25) is 0 Å². The van der Waals surface area contributed by atoms with Gasteiger partial charge in [0.15, 0.2) is 0 Å². The van der Waals surface area contributed by atoms with Gasteiger partial charge in [-0.1, -0.05) is 6.07 Å². The Bertz CT molecular complexity index is 481. The minimum absolute atomic E-state index is 0.521. The first kappa shape index (κ1) is 9.52. The van der Waals surface area contributed by atoms with E-state index in [0.29, 0.717) is 11.2 Å². The van der Waals surface area contributed by atoms with Gasteiger partial charge in [0.05, 0.1) is 4.70 Å². The van der Waals surface area contributed by atoms with E-state index in [1.807, 2.05) is 12.3 Å². The first-order chi connectivity index (χ1) is 6.61. The number of benzene rings is 1. The summed E-state index contributed by atoms with van der Waals surface area (Å²) >= 11 is 1.52. The molecule has 2 rings (SSSR count). The topological polar surface area (TPSA) is 66.5 Å². The molecule has 3 nitrogen and oxygen atoms in total. The second kappa shape index (κ2) is 3.27. The fraction of sp³-hybridized carbons (Fsp3) is 0.111. The third-order valence-corrected chi connectivity index (χ3v) is 3.39. The molecule has 0 aliphatic carbocycles. The van der Waals surface area contributed by atoms with Gasteiger partial charge < -0.3 is 15.8 Å². The lowest BCUT2D eigenvalue weighted by Gasteiger charge is -2.04. The van der Waals surface area contributed by atoms with Gasteiger partial charge in [0.25, 0.3) is 0 Å². The van der Waals surface area contributed by atoms with E-state index < -0.39 is 7.12 Å². The maximum absolute atomic E-state index is 9.17. The highest BCUT2D eigenvalue weighted by Crippen LogP contribution is 2.28. The zero-order valence-electron chi connectivity index (χ0n) is 7.69. The number of hydrogen-bond acceptors (Lipinski definition) is 4. The molecule has 4 N–H and O–H groups in total. The molecule has 2 aromatic rings. The van der Waals surface area contributed by atoms with Crippen LogP contribution in [0.3, 0.4) is 0 Å². The smallest absolute Gasteiger partial charge is 0.423 e. The molecular weight excluding hydrogens is 197 g/mol. The van der Waals surface area contributed by atoms with Crippen LogP contribution in [-0.2, 0) is 0 Å². The van der Waals surface area contributed by atoms with E-state index in [0.717, 1.165) is 15.6 Å². The van der Waals surface area contributed by atoms with Crippen molar-refractivity contribution < 1.29 is 10.0 Å². The van der Waals surface area contributed by atoms with Crippen LogP contribution in [0.25, 0.3) is 10.1 Å². The molecule has 0 saturated heterocycles. The van der Waals surface area contributed by atoms with E-state index in [1.165, 1.54) is 11.3 Å². The fourth-order valence-electron chi connectivity index (χ4n) is 1.57. The monoisotopic (exact) mass is 207 g/mol. The zero-order valence-corrected chi connectivity index (χ0v) is 8.51. The summed E-state index contributed by atoms with van der Waals surface area (Å²) in [4.78, 5) is 0. The van der Waals surface area contributed by atoms with Gasteiger partial charge in [0.1, 0.15) is 0 Å². The standard InChI is InChI=1S/C9H10BNO2S/c1-5-4-14-9-7(11)3-2-6(8(5)9)10(12)13/h2-4,12-13H,11H2,1H3. The van der Waals surface area contributed by atoms with Crippen molar-refractivity contribution in [3.63, 3.8) is 0 Å². The van der Waals surface area contributed by atoms with E-state index >= 15 is 0 Å². The molecule has 1 heterocycles. The van der Waals surface area contributed by atoms with Crippen LogP contribution in [0.1, 0.15) is 5.56 Å². The SMILES string of the molecule is Cc1csc2c(N)ccc(B(O)O)c12. The lowest BCUT2D eigenvalue weighted by atomic mass is 9.77. The minimum Gasteiger partial charge on any atom is -0.423 e. The molecule has 0 bridgehead atoms. The largest absolute Gasteiger partial charge is 0.489 e. The summed E-state index contributed by atoms with van der Waals surface area (Å²) in [5.41, 5.74) is 8.02. The van der Waals surface area contributed by atoms with Crippen LogP contribution in [0, 0.1) is 6.92 Å². The molecule has 0 fully saturated rings. The van der Waals surface area contributed by atoms with Crippen LogP contribution in [0.5, 0.6) is 0 Å². The van der Waals surface area contributed by atoms with Crippen LogP contribution in [-0.4, -0.2) is 17.2 Å². The molecule has 0 amide bonds. The molecule has 0 unspecified atom stereocenters. The van der Waals surface area contributed by atoms with Crippen molar-refractivity contribution >= 4 is 39.7 Å². The van der Waals surface area contributed by atoms with Crippen molar-refractivity contribution in [1.29, 1.82) is 0 Å². The highest BCUT2D eigenvalue weighted by molar-refractivity contribution is 7.18. The van der Waals surface area contributed by atoms with Crippen molar-refractivity contribution in [1.82, 2.24) is 0 Å². The number of anilines is 1. The molecule has 0 aliphatic rings. The summed E-state index contributed by atoms with van der Waals surface area (Å²) in [6, 6.07) is 3.36. The number of hydrogen-bond donors (Lipinski definition) is 3. The molecule has 0 atom stereocenters. The minimum atomic E-state index is -1.44. The number of aryl methyl sites for hydroxylation is 1. The average Bonchev–Trinajstić information content (AvgIpc) is 2.50. The second-order valence-electron chi connectivity index (χ2n) is 3.24. The molecule has 72 valence electrons. The van der Waals surface area contributed by atoms with Crippen molar-refractivity contribution in [3.05, 3.63) is 23.1 Å². The van der Waals surface area contributed by atoms with Gasteiger partial charge >= 0.3 is 7.12 Å². The Balaban J connectivity index is 2.85. The maximum atomic E-state index is 9.17. The Morgan fingerprint density at radius 3 is 2.71 bits per heavy atom. The van der Waals surface area contributed by atoms with Gasteiger partial charge in [-0.15, -0.1) is 11.3 Å². The number of nitrogen functional groups attached to an aromatic ring is 1. The van der Waals surface area contributed by atoms with Crippen molar-refractivity contribution in [2.75, 3.05) is 5.73 Å². The van der Waals surface area contributed by atoms with Gasteiger partial charge in [-0.05, 0) is 34.8 Å². The molecule has 1 aromatic heterocycles. The van der Waals surface area contributed by atoms with Gasteiger partial charge in [0, 0.05) is 5.69 Å². The van der Waals surface area contributed by atoms with Crippen LogP contribution >= 0.6 is 11.3 Å². The second-order valence-corrected chi connectivity index (χ2v) is 4.12. The number of rotatable bonds is 1. The number of nitrogens with two attached hydrogens (primary N) is 1. The van der Waals surface area contributed by atoms with E-state index in [1.54, 1.807) is 12.1 Å². The Morgan fingerprint density at radius 2 is 2.07 bits per heavy atom. The lowest BCUT2D eigenvalue weighted by molar-refractivity contribution is 0.426. The Hall–Kier alpha value is -1.04. The molecular formula is C9H10BNO2S. The normalized spacial score (nSPS) is 10.8. The van der Waals surface area contributed by atoms with E-state index in [2.05, 4.69) is 0 Å². The van der Waals surface area contributed by atoms with Gasteiger partial charge in [-0.3, -0.25) is 0 Å². The summed E-state index contributed by atoms with van der Waals surface area (Å²) in [5, 5.41) is 21.2. The first-order valence-corrected chi connectivity index (χ1v) is 5.11. The molecule has 5 heteroatoms. The lowest BCUT2D eigenvalue weighted by Crippen LogP contribution is -2.30. The van der Waals surface area contributed by atoms with Crippen LogP contribution in [0.4, 0.5) is 5.69 Å². The van der Waals surface area contributed by atoms with Crippen LogP contribution in [0.15, 0.2) is 17.5 Å². The third kappa shape index (κ3) is 1.30. The summed E-state index contributed by atoms with van der Waals surface area (Å²) in [7, 11) is -1.44. The first-order valence-electron chi connectivity index (χ1n) is 4.23. The van der Waals surface area contributed by atoms with Gasteiger partial charge in [0.2, 0.25) is 0 Å². The van der Waals surface area contributed by atoms with Gasteiger partial charge in [-0.25, -0.2) is 0 Å². The predicted molar refractivity (Wildman–Crippen MR) is 60.8 cm³/mol. The summed E-state index contributed by atoms with van der Waals surface area (Å²) in [5.74, 6) is 0. The van der Waals surface area contributed by atoms with E-state index in [9.17, 15) is 10.0 Å².